The Kier molecular flexibility index (Phi) is 10.5. The topological polar surface area (TPSA) is 87.0 Å². The largest absolute Gasteiger partial charge is 0.493 e. The number of benzene rings is 2. The second-order valence-electron chi connectivity index (χ2n) is 8.88. The van der Waals surface area contributed by atoms with Crippen molar-refractivity contribution in [3.05, 3.63) is 59.2 Å². The van der Waals surface area contributed by atoms with Gasteiger partial charge < -0.3 is 23.7 Å². The first kappa shape index (κ1) is 27.7. The maximum Gasteiger partial charge on any atom is 0.333 e. The molecular formula is C30H35NO6. The Hall–Kier alpha value is -3.92. The van der Waals surface area contributed by atoms with Crippen molar-refractivity contribution in [3.8, 4) is 29.1 Å². The Morgan fingerprint density at radius 3 is 2.43 bits per heavy atom. The quantitative estimate of drug-likeness (QED) is 0.106. The smallest absolute Gasteiger partial charge is 0.333 e. The van der Waals surface area contributed by atoms with Crippen molar-refractivity contribution in [2.24, 2.45) is 0 Å². The summed E-state index contributed by atoms with van der Waals surface area (Å²) in [5, 5.41) is 9.86. The second-order valence-corrected chi connectivity index (χ2v) is 8.88. The lowest BCUT2D eigenvalue weighted by atomic mass is 9.98. The van der Waals surface area contributed by atoms with Crippen LogP contribution in [0.1, 0.15) is 55.7 Å². The lowest BCUT2D eigenvalue weighted by Crippen LogP contribution is -2.08. The molecule has 0 bridgehead atoms. The van der Waals surface area contributed by atoms with Crippen LogP contribution < -0.4 is 18.9 Å². The van der Waals surface area contributed by atoms with Gasteiger partial charge in [-0.25, -0.2) is 4.79 Å². The van der Waals surface area contributed by atoms with Crippen LogP contribution in [-0.4, -0.2) is 40.0 Å². The van der Waals surface area contributed by atoms with E-state index in [2.05, 4.69) is 12.6 Å². The number of hydrogen-bond donors (Lipinski definition) is 0. The minimum atomic E-state index is -0.347. The van der Waals surface area contributed by atoms with Crippen LogP contribution in [0, 0.1) is 11.3 Å². The maximum absolute atomic E-state index is 11.4. The number of ether oxygens (including phenoxy) is 5. The maximum atomic E-state index is 11.4. The van der Waals surface area contributed by atoms with Crippen LogP contribution in [-0.2, 0) is 16.0 Å². The summed E-state index contributed by atoms with van der Waals surface area (Å²) in [6.45, 7) is 6.83. The average molecular weight is 506 g/mol. The molecule has 7 heteroatoms. The number of nitriles is 1. The van der Waals surface area contributed by atoms with E-state index in [0.29, 0.717) is 41.6 Å². The molecule has 37 heavy (non-hydrogen) atoms. The zero-order valence-electron chi connectivity index (χ0n) is 21.9. The summed E-state index contributed by atoms with van der Waals surface area (Å²) < 4.78 is 28.0. The van der Waals surface area contributed by atoms with Crippen molar-refractivity contribution in [1.29, 1.82) is 5.26 Å². The summed E-state index contributed by atoms with van der Waals surface area (Å²) in [7, 11) is 3.16. The SMILES string of the molecule is C=C(C)C(=O)OCCCCCCOc1c(OC)cc(/C=C(\C#N)c2ccc3c(c2)CCCO3)cc1OC. The third-order valence-corrected chi connectivity index (χ3v) is 6.00. The van der Waals surface area contributed by atoms with Crippen molar-refractivity contribution in [3.63, 3.8) is 0 Å². The van der Waals surface area contributed by atoms with E-state index in [1.54, 1.807) is 21.1 Å². The molecule has 7 nitrogen and oxygen atoms in total. The Morgan fingerprint density at radius 2 is 1.78 bits per heavy atom. The molecule has 0 fully saturated rings. The number of esters is 1. The van der Waals surface area contributed by atoms with E-state index < -0.39 is 0 Å². The molecule has 0 unspecified atom stereocenters. The molecule has 0 saturated heterocycles. The van der Waals surface area contributed by atoms with Gasteiger partial charge in [0, 0.05) is 5.57 Å². The summed E-state index contributed by atoms with van der Waals surface area (Å²) in [4.78, 5) is 11.4. The van der Waals surface area contributed by atoms with Gasteiger partial charge in [0.15, 0.2) is 11.5 Å². The van der Waals surface area contributed by atoms with Gasteiger partial charge in [-0.15, -0.1) is 0 Å². The van der Waals surface area contributed by atoms with Gasteiger partial charge in [0.2, 0.25) is 5.75 Å². The summed E-state index contributed by atoms with van der Waals surface area (Å²) in [6.07, 6.45) is 7.24. The molecular weight excluding hydrogens is 470 g/mol. The minimum Gasteiger partial charge on any atom is -0.493 e. The van der Waals surface area contributed by atoms with E-state index in [9.17, 15) is 10.1 Å². The molecule has 0 saturated carbocycles. The van der Waals surface area contributed by atoms with Gasteiger partial charge in [0.1, 0.15) is 5.75 Å². The molecule has 0 aromatic heterocycles. The molecule has 0 N–H and O–H groups in total. The predicted octanol–water partition coefficient (Wildman–Crippen LogP) is 6.15. The molecule has 0 amide bonds. The normalized spacial score (nSPS) is 12.5. The van der Waals surface area contributed by atoms with Gasteiger partial charge in [-0.2, -0.15) is 5.26 Å². The third kappa shape index (κ3) is 7.78. The number of allylic oxidation sites excluding steroid dienone is 1. The molecule has 0 spiro atoms. The van der Waals surface area contributed by atoms with E-state index in [1.165, 1.54) is 0 Å². The van der Waals surface area contributed by atoms with E-state index in [-0.39, 0.29) is 5.97 Å². The number of carbonyl (C=O) groups excluding carboxylic acids is 1. The van der Waals surface area contributed by atoms with Gasteiger partial charge in [0.25, 0.3) is 0 Å². The minimum absolute atomic E-state index is 0.347. The van der Waals surface area contributed by atoms with Crippen molar-refractivity contribution in [1.82, 2.24) is 0 Å². The fourth-order valence-corrected chi connectivity index (χ4v) is 4.02. The Balaban J connectivity index is 1.63. The zero-order valence-corrected chi connectivity index (χ0v) is 21.9. The molecule has 2 aromatic carbocycles. The van der Waals surface area contributed by atoms with E-state index >= 15 is 0 Å². The van der Waals surface area contributed by atoms with Gasteiger partial charge in [-0.1, -0.05) is 6.58 Å². The number of methoxy groups -OCH3 is 2. The molecule has 0 aliphatic carbocycles. The Bertz CT molecular complexity index is 1150. The number of nitrogens with zero attached hydrogens (tertiary/aromatic N) is 1. The van der Waals surface area contributed by atoms with Gasteiger partial charge in [0.05, 0.1) is 45.7 Å². The highest BCUT2D eigenvalue weighted by Gasteiger charge is 2.16. The van der Waals surface area contributed by atoms with Crippen LogP contribution in [0.4, 0.5) is 0 Å². The molecule has 3 rings (SSSR count). The van der Waals surface area contributed by atoms with Gasteiger partial charge in [-0.3, -0.25) is 0 Å². The van der Waals surface area contributed by atoms with Crippen molar-refractivity contribution >= 4 is 17.6 Å². The highest BCUT2D eigenvalue weighted by molar-refractivity contribution is 5.90. The van der Waals surface area contributed by atoms with Crippen LogP contribution in [0.25, 0.3) is 11.6 Å². The molecule has 1 aliphatic heterocycles. The lowest BCUT2D eigenvalue weighted by molar-refractivity contribution is -0.139. The van der Waals surface area contributed by atoms with Crippen molar-refractivity contribution < 1.29 is 28.5 Å². The number of unbranched alkanes of at least 4 members (excludes halogenated alkanes) is 3. The number of rotatable bonds is 13. The monoisotopic (exact) mass is 505 g/mol. The average Bonchev–Trinajstić information content (AvgIpc) is 2.92. The van der Waals surface area contributed by atoms with E-state index in [1.807, 2.05) is 36.4 Å². The Labute approximate surface area is 219 Å². The summed E-state index contributed by atoms with van der Waals surface area (Å²) in [6, 6.07) is 11.9. The van der Waals surface area contributed by atoms with Crippen LogP contribution in [0.2, 0.25) is 0 Å². The van der Waals surface area contributed by atoms with Gasteiger partial charge >= 0.3 is 5.97 Å². The molecule has 196 valence electrons. The summed E-state index contributed by atoms with van der Waals surface area (Å²) in [5.74, 6) is 2.15. The third-order valence-electron chi connectivity index (χ3n) is 6.00. The number of carbonyl (C=O) groups is 1. The van der Waals surface area contributed by atoms with Gasteiger partial charge in [-0.05, 0) is 98.5 Å². The highest BCUT2D eigenvalue weighted by atomic mass is 16.5. The molecule has 0 radical (unpaired) electrons. The first-order valence-electron chi connectivity index (χ1n) is 12.6. The standard InChI is InChI=1S/C30H35NO6/c1-21(2)30(32)37-14-8-6-5-7-13-36-29-27(33-3)17-22(18-28(29)34-4)16-25(20-31)23-11-12-26-24(19-23)10-9-15-35-26/h11-12,16-19H,1,5-10,13-15H2,2-4H3/b25-16+. The van der Waals surface area contributed by atoms with Crippen LogP contribution in [0.3, 0.4) is 0 Å². The van der Waals surface area contributed by atoms with Crippen LogP contribution in [0.5, 0.6) is 23.0 Å². The molecule has 0 atom stereocenters. The second kappa shape index (κ2) is 14.0. The first-order chi connectivity index (χ1) is 18.0. The van der Waals surface area contributed by atoms with Crippen LogP contribution in [0.15, 0.2) is 42.5 Å². The highest BCUT2D eigenvalue weighted by Crippen LogP contribution is 2.40. The molecule has 1 heterocycles. The molecule has 1 aliphatic rings. The summed E-state index contributed by atoms with van der Waals surface area (Å²) in [5.41, 5.74) is 3.70. The van der Waals surface area contributed by atoms with E-state index in [4.69, 9.17) is 23.7 Å². The first-order valence-corrected chi connectivity index (χ1v) is 12.6. The number of fused-ring (bicyclic) bond motifs is 1. The number of hydrogen-bond acceptors (Lipinski definition) is 7. The fraction of sp³-hybridized carbons (Fsp3) is 0.400. The predicted molar refractivity (Wildman–Crippen MR) is 143 cm³/mol. The van der Waals surface area contributed by atoms with Crippen molar-refractivity contribution in [2.45, 2.75) is 45.4 Å². The fourth-order valence-electron chi connectivity index (χ4n) is 4.02. The summed E-state index contributed by atoms with van der Waals surface area (Å²) >= 11 is 0. The Morgan fingerprint density at radius 1 is 1.08 bits per heavy atom. The number of aryl methyl sites for hydroxylation is 1. The lowest BCUT2D eigenvalue weighted by Gasteiger charge is -2.18. The van der Waals surface area contributed by atoms with Crippen LogP contribution >= 0.6 is 0 Å². The van der Waals surface area contributed by atoms with Crippen molar-refractivity contribution in [2.75, 3.05) is 34.0 Å². The molecule has 2 aromatic rings. The van der Waals surface area contributed by atoms with E-state index in [0.717, 1.165) is 67.6 Å². The zero-order chi connectivity index (χ0) is 26.6.